The molecule has 18 heavy (non-hydrogen) atoms. The van der Waals surface area contributed by atoms with Crippen LogP contribution in [0.25, 0.3) is 0 Å². The van der Waals surface area contributed by atoms with Crippen molar-refractivity contribution in [3.05, 3.63) is 0 Å². The van der Waals surface area contributed by atoms with Gasteiger partial charge >= 0.3 is 0 Å². The van der Waals surface area contributed by atoms with Crippen LogP contribution in [0, 0.1) is 11.8 Å². The fraction of sp³-hybridized carbons (Fsp3) is 1.00. The van der Waals surface area contributed by atoms with E-state index in [0.717, 1.165) is 25.4 Å². The number of nitrogens with zero attached hydrogens (tertiary/aromatic N) is 1. The van der Waals surface area contributed by atoms with Crippen LogP contribution < -0.4 is 5.32 Å². The molecule has 0 aromatic heterocycles. The van der Waals surface area contributed by atoms with E-state index in [9.17, 15) is 5.11 Å². The highest BCUT2D eigenvalue weighted by molar-refractivity contribution is 5.04. The quantitative estimate of drug-likeness (QED) is 0.728. The number of aliphatic hydroxyl groups excluding tert-OH is 1. The summed E-state index contributed by atoms with van der Waals surface area (Å²) in [5.41, 5.74) is -0.0334. The zero-order valence-electron chi connectivity index (χ0n) is 12.3. The molecule has 2 aliphatic rings. The van der Waals surface area contributed by atoms with E-state index in [1.54, 1.807) is 0 Å². The Morgan fingerprint density at radius 3 is 2.50 bits per heavy atom. The van der Waals surface area contributed by atoms with Gasteiger partial charge in [0.1, 0.15) is 0 Å². The first-order chi connectivity index (χ1) is 8.61. The number of aliphatic hydroxyl groups is 1. The largest absolute Gasteiger partial charge is 0.394 e. The molecule has 2 fully saturated rings. The van der Waals surface area contributed by atoms with Crippen molar-refractivity contribution in [3.63, 3.8) is 0 Å². The molecular formula is C15H30N2O. The maximum atomic E-state index is 9.94. The first-order valence-electron chi connectivity index (χ1n) is 7.71. The molecule has 1 heterocycles. The number of hydrogen-bond donors (Lipinski definition) is 2. The molecule has 0 bridgehead atoms. The summed E-state index contributed by atoms with van der Waals surface area (Å²) < 4.78 is 0. The second-order valence-corrected chi connectivity index (χ2v) is 6.63. The van der Waals surface area contributed by atoms with Gasteiger partial charge < -0.3 is 10.4 Å². The highest BCUT2D eigenvalue weighted by Gasteiger charge is 2.46. The van der Waals surface area contributed by atoms with Gasteiger partial charge in [-0.3, -0.25) is 4.90 Å². The smallest absolute Gasteiger partial charge is 0.0628 e. The summed E-state index contributed by atoms with van der Waals surface area (Å²) in [5, 5.41) is 13.6. The summed E-state index contributed by atoms with van der Waals surface area (Å²) in [4.78, 5) is 2.59. The molecular weight excluding hydrogens is 224 g/mol. The van der Waals surface area contributed by atoms with Crippen molar-refractivity contribution < 1.29 is 5.11 Å². The van der Waals surface area contributed by atoms with Crippen molar-refractivity contribution in [1.82, 2.24) is 10.2 Å². The van der Waals surface area contributed by atoms with E-state index >= 15 is 0 Å². The molecule has 0 aromatic carbocycles. The number of likely N-dealkylation sites (tertiary alicyclic amines) is 1. The minimum Gasteiger partial charge on any atom is -0.394 e. The van der Waals surface area contributed by atoms with Crippen molar-refractivity contribution in [1.29, 1.82) is 0 Å². The molecule has 1 saturated heterocycles. The van der Waals surface area contributed by atoms with Gasteiger partial charge in [0.2, 0.25) is 0 Å². The van der Waals surface area contributed by atoms with Gasteiger partial charge in [-0.2, -0.15) is 0 Å². The Morgan fingerprint density at radius 1 is 1.33 bits per heavy atom. The van der Waals surface area contributed by atoms with Crippen molar-refractivity contribution in [2.45, 2.75) is 58.0 Å². The Morgan fingerprint density at radius 2 is 2.06 bits per heavy atom. The van der Waals surface area contributed by atoms with Crippen molar-refractivity contribution in [3.8, 4) is 0 Å². The highest BCUT2D eigenvalue weighted by Crippen LogP contribution is 2.41. The van der Waals surface area contributed by atoms with E-state index in [2.05, 4.69) is 31.0 Å². The van der Waals surface area contributed by atoms with E-state index < -0.39 is 0 Å². The van der Waals surface area contributed by atoms with Gasteiger partial charge in [-0.15, -0.1) is 0 Å². The summed E-state index contributed by atoms with van der Waals surface area (Å²) >= 11 is 0. The highest BCUT2D eigenvalue weighted by atomic mass is 16.3. The van der Waals surface area contributed by atoms with Crippen LogP contribution in [-0.4, -0.2) is 47.8 Å². The Hall–Kier alpha value is -0.120. The molecule has 0 amide bonds. The molecule has 0 spiro atoms. The van der Waals surface area contributed by atoms with Gasteiger partial charge in [0.15, 0.2) is 0 Å². The van der Waals surface area contributed by atoms with Crippen LogP contribution in [0.3, 0.4) is 0 Å². The van der Waals surface area contributed by atoms with Gasteiger partial charge in [-0.25, -0.2) is 0 Å². The second-order valence-electron chi connectivity index (χ2n) is 6.63. The predicted molar refractivity (Wildman–Crippen MR) is 75.7 cm³/mol. The average molecular weight is 254 g/mol. The standard InChI is InChI=1S/C15H30N2O/c1-4-7-16-15(11-18,14-5-6-14)10-17-9-12(2)8-13(17)3/h12-14,16,18H,4-11H2,1-3H3. The molecule has 0 radical (unpaired) electrons. The Kier molecular flexibility index (Phi) is 4.68. The third-order valence-electron chi connectivity index (χ3n) is 4.77. The fourth-order valence-electron chi connectivity index (χ4n) is 3.54. The molecule has 2 rings (SSSR count). The molecule has 0 aromatic rings. The van der Waals surface area contributed by atoms with Crippen LogP contribution in [0.2, 0.25) is 0 Å². The van der Waals surface area contributed by atoms with Crippen molar-refractivity contribution in [2.75, 3.05) is 26.2 Å². The van der Waals surface area contributed by atoms with Crippen LogP contribution in [-0.2, 0) is 0 Å². The maximum absolute atomic E-state index is 9.94. The van der Waals surface area contributed by atoms with Crippen LogP contribution in [0.4, 0.5) is 0 Å². The average Bonchev–Trinajstić information content (AvgIpc) is 3.13. The van der Waals surface area contributed by atoms with E-state index in [0.29, 0.717) is 12.0 Å². The zero-order chi connectivity index (χ0) is 13.2. The van der Waals surface area contributed by atoms with Gasteiger partial charge in [-0.1, -0.05) is 13.8 Å². The number of hydrogen-bond acceptors (Lipinski definition) is 3. The topological polar surface area (TPSA) is 35.5 Å². The van der Waals surface area contributed by atoms with Crippen LogP contribution in [0.5, 0.6) is 0 Å². The predicted octanol–water partition coefficient (Wildman–Crippen LogP) is 1.86. The number of rotatable bonds is 7. The molecule has 3 nitrogen and oxygen atoms in total. The lowest BCUT2D eigenvalue weighted by molar-refractivity contribution is 0.0870. The van der Waals surface area contributed by atoms with Crippen LogP contribution >= 0.6 is 0 Å². The summed E-state index contributed by atoms with van der Waals surface area (Å²) in [6.07, 6.45) is 5.02. The van der Waals surface area contributed by atoms with Gasteiger partial charge in [-0.05, 0) is 51.0 Å². The lowest BCUT2D eigenvalue weighted by atomic mass is 9.92. The van der Waals surface area contributed by atoms with Gasteiger partial charge in [0.05, 0.1) is 12.1 Å². The molecule has 3 heteroatoms. The van der Waals surface area contributed by atoms with E-state index in [4.69, 9.17) is 0 Å². The molecule has 106 valence electrons. The summed E-state index contributed by atoms with van der Waals surface area (Å²) in [6, 6.07) is 0.674. The third-order valence-corrected chi connectivity index (χ3v) is 4.77. The first-order valence-corrected chi connectivity index (χ1v) is 7.71. The molecule has 1 aliphatic heterocycles. The minimum absolute atomic E-state index is 0.0334. The van der Waals surface area contributed by atoms with Crippen molar-refractivity contribution >= 4 is 0 Å². The third kappa shape index (κ3) is 3.06. The molecule has 1 saturated carbocycles. The Balaban J connectivity index is 2.00. The van der Waals surface area contributed by atoms with Crippen molar-refractivity contribution in [2.24, 2.45) is 11.8 Å². The van der Waals surface area contributed by atoms with Gasteiger partial charge in [0.25, 0.3) is 0 Å². The molecule has 1 aliphatic carbocycles. The lowest BCUT2D eigenvalue weighted by Gasteiger charge is -2.38. The van der Waals surface area contributed by atoms with E-state index in [1.807, 2.05) is 0 Å². The van der Waals surface area contributed by atoms with E-state index in [-0.39, 0.29) is 12.1 Å². The van der Waals surface area contributed by atoms with Gasteiger partial charge in [0, 0.05) is 19.1 Å². The monoisotopic (exact) mass is 254 g/mol. The zero-order valence-corrected chi connectivity index (χ0v) is 12.3. The second kappa shape index (κ2) is 5.89. The normalized spacial score (nSPS) is 32.7. The van der Waals surface area contributed by atoms with E-state index in [1.165, 1.54) is 25.8 Å². The molecule has 3 atom stereocenters. The SMILES string of the molecule is CCCNC(CO)(CN1CC(C)CC1C)C1CC1. The lowest BCUT2D eigenvalue weighted by Crippen LogP contribution is -2.58. The fourth-order valence-corrected chi connectivity index (χ4v) is 3.54. The Labute approximate surface area is 112 Å². The summed E-state index contributed by atoms with van der Waals surface area (Å²) in [5.74, 6) is 1.50. The molecule has 3 unspecified atom stereocenters. The van der Waals surface area contributed by atoms with Crippen LogP contribution in [0.1, 0.15) is 46.5 Å². The summed E-state index contributed by atoms with van der Waals surface area (Å²) in [6.45, 7) is 10.4. The number of nitrogens with one attached hydrogen (secondary N) is 1. The molecule has 2 N–H and O–H groups in total. The maximum Gasteiger partial charge on any atom is 0.0628 e. The Bertz CT molecular complexity index is 267. The van der Waals surface area contributed by atoms with Crippen LogP contribution in [0.15, 0.2) is 0 Å². The summed E-state index contributed by atoms with van der Waals surface area (Å²) in [7, 11) is 0. The minimum atomic E-state index is -0.0334. The first kappa shape index (κ1) is 14.3.